The lowest BCUT2D eigenvalue weighted by atomic mass is 9.90. The lowest BCUT2D eigenvalue weighted by molar-refractivity contribution is -0.137. The van der Waals surface area contributed by atoms with Crippen LogP contribution in [0.1, 0.15) is 66.2 Å². The van der Waals surface area contributed by atoms with Crippen LogP contribution < -0.4 is 4.74 Å². The molecule has 4 nitrogen and oxygen atoms in total. The smallest absolute Gasteiger partial charge is 0.416 e. The Bertz CT molecular complexity index is 1140. The molecule has 0 bridgehead atoms. The lowest BCUT2D eigenvalue weighted by Crippen LogP contribution is -2.37. The molecule has 0 fully saturated rings. The summed E-state index contributed by atoms with van der Waals surface area (Å²) in [6.45, 7) is 6.58. The number of benzene rings is 2. The van der Waals surface area contributed by atoms with E-state index in [1.165, 1.54) is 35.3 Å². The Labute approximate surface area is 204 Å². The Balaban J connectivity index is 1.86. The zero-order valence-electron chi connectivity index (χ0n) is 20.6. The number of carbonyl (C=O) groups excluding carboxylic acids is 1. The van der Waals surface area contributed by atoms with E-state index < -0.39 is 17.6 Å². The van der Waals surface area contributed by atoms with Crippen LogP contribution in [0.2, 0.25) is 0 Å². The van der Waals surface area contributed by atoms with Crippen molar-refractivity contribution < 1.29 is 27.8 Å². The van der Waals surface area contributed by atoms with Crippen LogP contribution in [0.5, 0.6) is 11.5 Å². The number of rotatable bonds is 8. The molecule has 0 saturated carbocycles. The molecule has 1 heterocycles. The normalized spacial score (nSPS) is 14.1. The van der Waals surface area contributed by atoms with Gasteiger partial charge in [-0.15, -0.1) is 0 Å². The van der Waals surface area contributed by atoms with E-state index in [1.54, 1.807) is 6.07 Å². The minimum absolute atomic E-state index is 0.0341. The molecule has 188 valence electrons. The van der Waals surface area contributed by atoms with Gasteiger partial charge in [0.15, 0.2) is 0 Å². The van der Waals surface area contributed by atoms with Gasteiger partial charge in [-0.3, -0.25) is 4.79 Å². The fraction of sp³-hybridized carbons (Fsp3) is 0.393. The third kappa shape index (κ3) is 6.47. The van der Waals surface area contributed by atoms with Gasteiger partial charge in [-0.05, 0) is 69.7 Å². The van der Waals surface area contributed by atoms with Crippen molar-refractivity contribution in [2.24, 2.45) is 0 Å². The number of alkyl halides is 3. The van der Waals surface area contributed by atoms with E-state index in [1.807, 2.05) is 0 Å². The van der Waals surface area contributed by atoms with Gasteiger partial charge in [-0.1, -0.05) is 35.4 Å². The summed E-state index contributed by atoms with van der Waals surface area (Å²) in [7, 11) is 1.53. The number of nitrogens with zero attached hydrogens (tertiary/aromatic N) is 1. The second-order valence-electron chi connectivity index (χ2n) is 9.18. The molecule has 0 unspecified atom stereocenters. The van der Waals surface area contributed by atoms with Crippen molar-refractivity contribution in [3.8, 4) is 11.5 Å². The summed E-state index contributed by atoms with van der Waals surface area (Å²) in [5, 5.41) is 10.6. The van der Waals surface area contributed by atoms with E-state index in [2.05, 4.69) is 32.9 Å². The van der Waals surface area contributed by atoms with Crippen molar-refractivity contribution in [1.29, 1.82) is 0 Å². The van der Waals surface area contributed by atoms with Gasteiger partial charge >= 0.3 is 6.18 Å². The first-order valence-corrected chi connectivity index (χ1v) is 11.7. The first-order valence-electron chi connectivity index (χ1n) is 11.7. The average Bonchev–Trinajstić information content (AvgIpc) is 2.79. The van der Waals surface area contributed by atoms with Gasteiger partial charge in [0.1, 0.15) is 11.5 Å². The van der Waals surface area contributed by atoms with Crippen LogP contribution in [-0.2, 0) is 25.6 Å². The summed E-state index contributed by atoms with van der Waals surface area (Å²) >= 11 is 0. The molecule has 0 atom stereocenters. The zero-order chi connectivity index (χ0) is 25.8. The fourth-order valence-corrected chi connectivity index (χ4v) is 4.35. The number of phenolic OH excluding ortho intramolecular Hbond substituents is 1. The van der Waals surface area contributed by atoms with Crippen LogP contribution in [0.3, 0.4) is 0 Å². The average molecular weight is 488 g/mol. The van der Waals surface area contributed by atoms with Crippen LogP contribution >= 0.6 is 0 Å². The highest BCUT2D eigenvalue weighted by Gasteiger charge is 2.33. The van der Waals surface area contributed by atoms with E-state index in [9.17, 15) is 23.1 Å². The molecule has 35 heavy (non-hydrogen) atoms. The molecule has 3 rings (SSSR count). The number of methoxy groups -OCH3 is 1. The van der Waals surface area contributed by atoms with Gasteiger partial charge in [0.25, 0.3) is 5.91 Å². The standard InChI is InChI=1S/C28H32F3NO3/c1-18(2)7-5-8-19(3)11-12-22-23-13-14-32(27(34)26(23)24(33)16-25(22)35-4)17-20-9-6-10-21(15-20)28(29,30)31/h6-7,9-11,15-16,33H,5,8,12-14,17H2,1-4H3/b19-11+. The van der Waals surface area contributed by atoms with Gasteiger partial charge in [0.05, 0.1) is 18.2 Å². The third-order valence-corrected chi connectivity index (χ3v) is 6.21. The van der Waals surface area contributed by atoms with Gasteiger partial charge < -0.3 is 14.7 Å². The number of carbonyl (C=O) groups is 1. The van der Waals surface area contributed by atoms with Crippen molar-refractivity contribution in [2.45, 2.75) is 59.2 Å². The number of phenols is 1. The molecule has 1 N–H and O–H groups in total. The summed E-state index contributed by atoms with van der Waals surface area (Å²) < 4.78 is 44.8. The largest absolute Gasteiger partial charge is 0.507 e. The minimum atomic E-state index is -4.45. The van der Waals surface area contributed by atoms with E-state index in [4.69, 9.17) is 4.74 Å². The molecular formula is C28H32F3NO3. The maximum absolute atomic E-state index is 13.3. The Morgan fingerprint density at radius 2 is 1.91 bits per heavy atom. The molecule has 1 amide bonds. The molecule has 2 aromatic rings. The van der Waals surface area contributed by atoms with Crippen LogP contribution in [0, 0.1) is 0 Å². The highest BCUT2D eigenvalue weighted by molar-refractivity contribution is 6.00. The molecule has 7 heteroatoms. The molecule has 0 radical (unpaired) electrons. The first kappa shape index (κ1) is 26.4. The third-order valence-electron chi connectivity index (χ3n) is 6.21. The predicted octanol–water partition coefficient (Wildman–Crippen LogP) is 6.85. The molecule has 0 aromatic heterocycles. The number of aromatic hydroxyl groups is 1. The Kier molecular flexibility index (Phi) is 8.30. The van der Waals surface area contributed by atoms with Gasteiger partial charge in [0.2, 0.25) is 0 Å². The monoisotopic (exact) mass is 487 g/mol. The molecule has 2 aromatic carbocycles. The van der Waals surface area contributed by atoms with E-state index >= 15 is 0 Å². The number of ether oxygens (including phenoxy) is 1. The van der Waals surface area contributed by atoms with E-state index in [0.717, 1.165) is 36.1 Å². The quantitative estimate of drug-likeness (QED) is 0.414. The first-order chi connectivity index (χ1) is 16.5. The fourth-order valence-electron chi connectivity index (χ4n) is 4.35. The number of hydrogen-bond acceptors (Lipinski definition) is 3. The lowest BCUT2D eigenvalue weighted by Gasteiger charge is -2.31. The number of fused-ring (bicyclic) bond motifs is 1. The Morgan fingerprint density at radius 1 is 1.17 bits per heavy atom. The SMILES string of the molecule is COc1cc(O)c2c(c1C/C=C(\C)CCC=C(C)C)CCN(Cc1cccc(C(F)(F)F)c1)C2=O. The second kappa shape index (κ2) is 11.0. The minimum Gasteiger partial charge on any atom is -0.507 e. The van der Waals surface area contributed by atoms with Crippen molar-refractivity contribution in [3.05, 3.63) is 81.4 Å². The number of halogens is 3. The van der Waals surface area contributed by atoms with E-state index in [-0.39, 0.29) is 17.9 Å². The molecule has 1 aliphatic heterocycles. The van der Waals surface area contributed by atoms with Crippen molar-refractivity contribution in [2.75, 3.05) is 13.7 Å². The molecule has 1 aliphatic rings. The van der Waals surface area contributed by atoms with Gasteiger partial charge in [-0.25, -0.2) is 0 Å². The summed E-state index contributed by atoms with van der Waals surface area (Å²) in [6, 6.07) is 6.43. The molecule has 0 spiro atoms. The van der Waals surface area contributed by atoms with Crippen molar-refractivity contribution in [3.63, 3.8) is 0 Å². The van der Waals surface area contributed by atoms with Crippen LogP contribution in [-0.4, -0.2) is 29.6 Å². The summed E-state index contributed by atoms with van der Waals surface area (Å²) in [5.74, 6) is -0.0494. The highest BCUT2D eigenvalue weighted by atomic mass is 19.4. The second-order valence-corrected chi connectivity index (χ2v) is 9.18. The summed E-state index contributed by atoms with van der Waals surface area (Å²) in [5.41, 5.74) is 3.94. The molecular weight excluding hydrogens is 455 g/mol. The number of allylic oxidation sites excluding steroid dienone is 4. The topological polar surface area (TPSA) is 49.8 Å². The van der Waals surface area contributed by atoms with Crippen LogP contribution in [0.4, 0.5) is 13.2 Å². The number of hydrogen-bond donors (Lipinski definition) is 1. The Morgan fingerprint density at radius 3 is 2.57 bits per heavy atom. The number of amides is 1. The van der Waals surface area contributed by atoms with Crippen LogP contribution in [0.15, 0.2) is 53.6 Å². The highest BCUT2D eigenvalue weighted by Crippen LogP contribution is 2.38. The van der Waals surface area contributed by atoms with Crippen molar-refractivity contribution >= 4 is 5.91 Å². The summed E-state index contributed by atoms with van der Waals surface area (Å²) in [6.07, 6.45) is 2.79. The molecule has 0 aliphatic carbocycles. The zero-order valence-corrected chi connectivity index (χ0v) is 20.6. The van der Waals surface area contributed by atoms with Crippen LogP contribution in [0.25, 0.3) is 0 Å². The maximum Gasteiger partial charge on any atom is 0.416 e. The predicted molar refractivity (Wildman–Crippen MR) is 131 cm³/mol. The van der Waals surface area contributed by atoms with Crippen molar-refractivity contribution in [1.82, 2.24) is 4.90 Å². The Hall–Kier alpha value is -3.22. The maximum atomic E-state index is 13.3. The summed E-state index contributed by atoms with van der Waals surface area (Å²) in [4.78, 5) is 14.8. The molecule has 0 saturated heterocycles. The van der Waals surface area contributed by atoms with Gasteiger partial charge in [0, 0.05) is 24.7 Å². The van der Waals surface area contributed by atoms with Gasteiger partial charge in [-0.2, -0.15) is 13.2 Å². The van der Waals surface area contributed by atoms with E-state index in [0.29, 0.717) is 30.7 Å².